The van der Waals surface area contributed by atoms with E-state index in [1.165, 1.54) is 6.33 Å². The van der Waals surface area contributed by atoms with E-state index in [1.54, 1.807) is 7.11 Å². The van der Waals surface area contributed by atoms with Gasteiger partial charge in [-0.3, -0.25) is 0 Å². The molecule has 0 unspecified atom stereocenters. The lowest BCUT2D eigenvalue weighted by Crippen LogP contribution is -2.01. The molecule has 0 atom stereocenters. The molecule has 0 saturated heterocycles. The van der Waals surface area contributed by atoms with Crippen molar-refractivity contribution in [3.63, 3.8) is 0 Å². The van der Waals surface area contributed by atoms with Gasteiger partial charge in [-0.25, -0.2) is 9.97 Å². The van der Waals surface area contributed by atoms with Crippen molar-refractivity contribution in [3.05, 3.63) is 34.2 Å². The first kappa shape index (κ1) is 12.9. The molecule has 5 nitrogen and oxygen atoms in total. The van der Waals surface area contributed by atoms with Gasteiger partial charge in [0, 0.05) is 10.5 Å². The number of nitrogens with one attached hydrogen (secondary N) is 1. The normalized spacial score (nSPS) is 10.2. The van der Waals surface area contributed by atoms with Crippen LogP contribution in [0.25, 0.3) is 0 Å². The van der Waals surface area contributed by atoms with Gasteiger partial charge in [-0.05, 0) is 28.1 Å². The molecule has 2 rings (SSSR count). The Balaban J connectivity index is 2.36. The van der Waals surface area contributed by atoms with Gasteiger partial charge < -0.3 is 15.8 Å². The predicted molar refractivity (Wildman–Crippen MR) is 75.4 cm³/mol. The third kappa shape index (κ3) is 2.65. The van der Waals surface area contributed by atoms with E-state index in [2.05, 4.69) is 31.2 Å². The highest BCUT2D eigenvalue weighted by Gasteiger charge is 2.08. The third-order valence-corrected chi connectivity index (χ3v) is 3.25. The topological polar surface area (TPSA) is 73.1 Å². The highest BCUT2D eigenvalue weighted by Crippen LogP contribution is 2.32. The van der Waals surface area contributed by atoms with Gasteiger partial charge in [0.1, 0.15) is 17.8 Å². The zero-order chi connectivity index (χ0) is 13.1. The maximum atomic E-state index is 5.83. The number of anilines is 3. The molecule has 3 N–H and O–H groups in total. The smallest absolute Gasteiger partial charge is 0.158 e. The van der Waals surface area contributed by atoms with Gasteiger partial charge in [0.2, 0.25) is 0 Å². The summed E-state index contributed by atoms with van der Waals surface area (Å²) < 4.78 is 6.01. The lowest BCUT2D eigenvalue weighted by molar-refractivity contribution is 0.415. The van der Waals surface area contributed by atoms with Crippen molar-refractivity contribution in [2.75, 3.05) is 18.2 Å². The molecule has 0 spiro atoms. The summed E-state index contributed by atoms with van der Waals surface area (Å²) in [5.41, 5.74) is 6.86. The van der Waals surface area contributed by atoms with Crippen molar-refractivity contribution >= 4 is 44.7 Å². The Labute approximate surface area is 117 Å². The van der Waals surface area contributed by atoms with Crippen LogP contribution in [0.3, 0.4) is 0 Å². The van der Waals surface area contributed by atoms with Gasteiger partial charge in [-0.1, -0.05) is 11.6 Å². The Morgan fingerprint density at radius 1 is 1.39 bits per heavy atom. The molecule has 1 aromatic carbocycles. The number of nitrogen functional groups attached to an aromatic ring is 1. The number of hydrogen-bond acceptors (Lipinski definition) is 5. The van der Waals surface area contributed by atoms with Crippen LogP contribution in [0.5, 0.6) is 5.75 Å². The molecule has 0 bridgehead atoms. The maximum absolute atomic E-state index is 5.83. The largest absolute Gasteiger partial charge is 0.497 e. The molecule has 2 aromatic rings. The highest BCUT2D eigenvalue weighted by molar-refractivity contribution is 9.10. The van der Waals surface area contributed by atoms with Crippen LogP contribution in [0.1, 0.15) is 0 Å². The molecular formula is C11H10BrClN4O. The van der Waals surface area contributed by atoms with E-state index in [0.717, 1.165) is 15.9 Å². The number of halogens is 2. The van der Waals surface area contributed by atoms with Crippen LogP contribution < -0.4 is 15.8 Å². The minimum atomic E-state index is 0.214. The molecule has 0 fully saturated rings. The van der Waals surface area contributed by atoms with Crippen LogP contribution in [-0.2, 0) is 0 Å². The summed E-state index contributed by atoms with van der Waals surface area (Å²) in [4.78, 5) is 7.83. The fourth-order valence-electron chi connectivity index (χ4n) is 1.33. The Hall–Kier alpha value is -1.53. The Morgan fingerprint density at radius 2 is 2.17 bits per heavy atom. The maximum Gasteiger partial charge on any atom is 0.158 e. The number of benzene rings is 1. The number of rotatable bonds is 3. The van der Waals surface area contributed by atoms with Crippen LogP contribution >= 0.6 is 27.5 Å². The summed E-state index contributed by atoms with van der Waals surface area (Å²) in [6.07, 6.45) is 1.34. The van der Waals surface area contributed by atoms with Crippen LogP contribution in [0.4, 0.5) is 17.2 Å². The van der Waals surface area contributed by atoms with Gasteiger partial charge in [-0.2, -0.15) is 0 Å². The minimum Gasteiger partial charge on any atom is -0.497 e. The Kier molecular flexibility index (Phi) is 3.88. The van der Waals surface area contributed by atoms with Gasteiger partial charge in [0.15, 0.2) is 11.0 Å². The summed E-state index contributed by atoms with van der Waals surface area (Å²) >= 11 is 9.25. The first-order chi connectivity index (χ1) is 8.61. The highest BCUT2D eigenvalue weighted by atomic mass is 79.9. The Bertz CT molecular complexity index is 579. The molecular weight excluding hydrogens is 320 g/mol. The third-order valence-electron chi connectivity index (χ3n) is 2.26. The Morgan fingerprint density at radius 3 is 2.89 bits per heavy atom. The summed E-state index contributed by atoms with van der Waals surface area (Å²) in [5.74, 6) is 1.17. The van der Waals surface area contributed by atoms with E-state index < -0.39 is 0 Å². The molecule has 1 aromatic heterocycles. The molecule has 0 aliphatic carbocycles. The van der Waals surface area contributed by atoms with Crippen molar-refractivity contribution in [2.24, 2.45) is 0 Å². The molecule has 94 valence electrons. The number of nitrogens with two attached hydrogens (primary N) is 1. The van der Waals surface area contributed by atoms with Crippen LogP contribution in [0.15, 0.2) is 29.0 Å². The molecule has 1 heterocycles. The molecule has 0 saturated carbocycles. The molecule has 18 heavy (non-hydrogen) atoms. The van der Waals surface area contributed by atoms with E-state index in [-0.39, 0.29) is 5.15 Å². The molecule has 0 radical (unpaired) electrons. The van der Waals surface area contributed by atoms with Crippen molar-refractivity contribution < 1.29 is 4.74 Å². The summed E-state index contributed by atoms with van der Waals surface area (Å²) in [6, 6.07) is 5.52. The SMILES string of the molecule is COc1ccc(Br)c(Nc2ncnc(Cl)c2N)c1. The van der Waals surface area contributed by atoms with Crippen LogP contribution in [0, 0.1) is 0 Å². The summed E-state index contributed by atoms with van der Waals surface area (Å²) in [5, 5.41) is 3.28. The number of aromatic nitrogens is 2. The van der Waals surface area contributed by atoms with E-state index in [1.807, 2.05) is 18.2 Å². The van der Waals surface area contributed by atoms with Gasteiger partial charge >= 0.3 is 0 Å². The monoisotopic (exact) mass is 328 g/mol. The first-order valence-corrected chi connectivity index (χ1v) is 6.15. The molecule has 7 heteroatoms. The van der Waals surface area contributed by atoms with E-state index in [0.29, 0.717) is 11.5 Å². The fourth-order valence-corrected chi connectivity index (χ4v) is 1.81. The molecule has 0 aliphatic heterocycles. The predicted octanol–water partition coefficient (Wildman–Crippen LogP) is 3.23. The van der Waals surface area contributed by atoms with Crippen molar-refractivity contribution in [1.82, 2.24) is 9.97 Å². The standard InChI is InChI=1S/C11H10BrClN4O/c1-18-6-2-3-7(12)8(4-6)17-11-9(14)10(13)15-5-16-11/h2-5H,14H2,1H3,(H,15,16,17). The molecule has 0 amide bonds. The number of hydrogen-bond donors (Lipinski definition) is 2. The summed E-state index contributed by atoms with van der Waals surface area (Å²) in [6.45, 7) is 0. The van der Waals surface area contributed by atoms with E-state index >= 15 is 0 Å². The van der Waals surface area contributed by atoms with E-state index in [9.17, 15) is 0 Å². The second-order valence-electron chi connectivity index (χ2n) is 3.40. The minimum absolute atomic E-state index is 0.214. The summed E-state index contributed by atoms with van der Waals surface area (Å²) in [7, 11) is 1.60. The average Bonchev–Trinajstić information content (AvgIpc) is 2.37. The van der Waals surface area contributed by atoms with Crippen LogP contribution in [-0.4, -0.2) is 17.1 Å². The molecule has 0 aliphatic rings. The quantitative estimate of drug-likeness (QED) is 0.846. The zero-order valence-electron chi connectivity index (χ0n) is 9.45. The van der Waals surface area contributed by atoms with Gasteiger partial charge in [0.25, 0.3) is 0 Å². The lowest BCUT2D eigenvalue weighted by Gasteiger charge is -2.11. The van der Waals surface area contributed by atoms with Crippen molar-refractivity contribution in [3.8, 4) is 5.75 Å². The fraction of sp³-hybridized carbons (Fsp3) is 0.0909. The van der Waals surface area contributed by atoms with Gasteiger partial charge in [0.05, 0.1) is 12.8 Å². The lowest BCUT2D eigenvalue weighted by atomic mass is 10.3. The van der Waals surface area contributed by atoms with E-state index in [4.69, 9.17) is 22.1 Å². The van der Waals surface area contributed by atoms with Crippen molar-refractivity contribution in [1.29, 1.82) is 0 Å². The zero-order valence-corrected chi connectivity index (χ0v) is 11.8. The van der Waals surface area contributed by atoms with Crippen molar-refractivity contribution in [2.45, 2.75) is 0 Å². The first-order valence-electron chi connectivity index (χ1n) is 4.98. The second kappa shape index (κ2) is 5.41. The number of methoxy groups -OCH3 is 1. The number of ether oxygens (including phenoxy) is 1. The number of nitrogens with zero attached hydrogens (tertiary/aromatic N) is 2. The van der Waals surface area contributed by atoms with Gasteiger partial charge in [-0.15, -0.1) is 0 Å². The van der Waals surface area contributed by atoms with Crippen LogP contribution in [0.2, 0.25) is 5.15 Å². The average molecular weight is 330 g/mol. The second-order valence-corrected chi connectivity index (χ2v) is 4.61.